The first-order valence-electron chi connectivity index (χ1n) is 12.3. The number of nitrogens with zero attached hydrogens (tertiary/aromatic N) is 2. The molecule has 0 saturated heterocycles. The minimum Gasteiger partial charge on any atom is -0.496 e. The number of hydrogen-bond donors (Lipinski definition) is 2. The van der Waals surface area contributed by atoms with Crippen LogP contribution in [0.1, 0.15) is 48.0 Å². The maximum Gasteiger partial charge on any atom is 0.274 e. The highest BCUT2D eigenvalue weighted by Crippen LogP contribution is 2.34. The first-order valence-corrected chi connectivity index (χ1v) is 12.3. The number of benzene rings is 2. The highest BCUT2D eigenvalue weighted by atomic mass is 16.5. The van der Waals surface area contributed by atoms with E-state index in [1.165, 1.54) is 32.7 Å². The minimum absolute atomic E-state index is 0.111. The zero-order chi connectivity index (χ0) is 28.8. The number of methoxy groups -OCH3 is 2. The lowest BCUT2D eigenvalue weighted by molar-refractivity contribution is 0.101. The molecule has 2 N–H and O–H groups in total. The monoisotopic (exact) mass is 536 g/mol. The van der Waals surface area contributed by atoms with Gasteiger partial charge >= 0.3 is 0 Å². The fraction of sp³-hybridized carbons (Fsp3) is 0.129. The Labute approximate surface area is 231 Å². The van der Waals surface area contributed by atoms with Gasteiger partial charge in [0.05, 0.1) is 19.8 Å². The van der Waals surface area contributed by atoms with Crippen LogP contribution in [0, 0.1) is 13.8 Å². The number of hydrogen-bond acceptors (Lipinski definition) is 7. The first-order chi connectivity index (χ1) is 19.3. The third-order valence-electron chi connectivity index (χ3n) is 6.50. The average Bonchev–Trinajstić information content (AvgIpc) is 2.98. The molecule has 0 saturated carbocycles. The molecule has 4 rings (SSSR count). The van der Waals surface area contributed by atoms with Crippen LogP contribution in [0.25, 0.3) is 17.2 Å². The molecule has 4 aromatic rings. The third kappa shape index (κ3) is 5.58. The van der Waals surface area contributed by atoms with Crippen molar-refractivity contribution in [3.05, 3.63) is 101 Å². The molecule has 0 aliphatic carbocycles. The van der Waals surface area contributed by atoms with Crippen molar-refractivity contribution in [1.82, 2.24) is 9.97 Å². The lowest BCUT2D eigenvalue weighted by Gasteiger charge is -2.17. The quantitative estimate of drug-likeness (QED) is 0.262. The second kappa shape index (κ2) is 12.0. The summed E-state index contributed by atoms with van der Waals surface area (Å²) in [5.74, 6) is -0.0570. The molecular formula is C31H28N4O5. The van der Waals surface area contributed by atoms with E-state index in [1.54, 1.807) is 18.2 Å². The Kier molecular flexibility index (Phi) is 8.34. The summed E-state index contributed by atoms with van der Waals surface area (Å²) >= 11 is 0. The molecule has 2 amide bonds. The first kappa shape index (κ1) is 27.7. The van der Waals surface area contributed by atoms with Crippen molar-refractivity contribution in [2.75, 3.05) is 24.9 Å². The highest BCUT2D eigenvalue weighted by molar-refractivity contribution is 6.05. The molecule has 202 valence electrons. The highest BCUT2D eigenvalue weighted by Gasteiger charge is 2.17. The van der Waals surface area contributed by atoms with Gasteiger partial charge in [0.1, 0.15) is 22.9 Å². The van der Waals surface area contributed by atoms with Gasteiger partial charge < -0.3 is 20.1 Å². The standard InChI is InChI=1S/C31H28N4O5/c1-6-20-15-32-26(13-28(20)39-4)30(37)34-24-11-7-9-22(18(24)2)23-10-8-12-25(19(23)3)35-31(38)27-14-29(40-5)21(17-36)16-33-27/h6-17H,1H2,2-5H3,(H,34,37)(H,35,38). The lowest BCUT2D eigenvalue weighted by atomic mass is 9.94. The molecule has 0 aliphatic rings. The summed E-state index contributed by atoms with van der Waals surface area (Å²) in [7, 11) is 2.94. The van der Waals surface area contributed by atoms with Crippen LogP contribution in [0.4, 0.5) is 11.4 Å². The van der Waals surface area contributed by atoms with Gasteiger partial charge in [-0.2, -0.15) is 0 Å². The molecule has 0 spiro atoms. The van der Waals surface area contributed by atoms with Gasteiger partial charge in [0.15, 0.2) is 6.29 Å². The second-order valence-corrected chi connectivity index (χ2v) is 8.81. The van der Waals surface area contributed by atoms with Crippen LogP contribution in [0.3, 0.4) is 0 Å². The number of pyridine rings is 2. The average molecular weight is 537 g/mol. The van der Waals surface area contributed by atoms with E-state index < -0.39 is 5.91 Å². The summed E-state index contributed by atoms with van der Waals surface area (Å²) in [5, 5.41) is 5.83. The zero-order valence-corrected chi connectivity index (χ0v) is 22.6. The zero-order valence-electron chi connectivity index (χ0n) is 22.6. The molecule has 2 aromatic heterocycles. The fourth-order valence-corrected chi connectivity index (χ4v) is 4.24. The van der Waals surface area contributed by atoms with Crippen molar-refractivity contribution in [2.24, 2.45) is 0 Å². The van der Waals surface area contributed by atoms with Crippen LogP contribution in [-0.2, 0) is 0 Å². The molecular weight excluding hydrogens is 508 g/mol. The van der Waals surface area contributed by atoms with Crippen molar-refractivity contribution >= 4 is 35.6 Å². The van der Waals surface area contributed by atoms with Crippen LogP contribution in [0.5, 0.6) is 11.5 Å². The number of anilines is 2. The van der Waals surface area contributed by atoms with Crippen molar-refractivity contribution in [3.8, 4) is 22.6 Å². The summed E-state index contributed by atoms with van der Waals surface area (Å²) in [6.45, 7) is 7.54. The Morgan fingerprint density at radius 1 is 0.775 bits per heavy atom. The molecule has 2 aromatic carbocycles. The number of rotatable bonds is 9. The number of nitrogens with one attached hydrogen (secondary N) is 2. The molecule has 0 unspecified atom stereocenters. The Morgan fingerprint density at radius 2 is 1.23 bits per heavy atom. The lowest BCUT2D eigenvalue weighted by Crippen LogP contribution is -2.15. The van der Waals surface area contributed by atoms with E-state index in [0.29, 0.717) is 29.0 Å². The number of amides is 2. The summed E-state index contributed by atoms with van der Waals surface area (Å²) in [6.07, 6.45) is 5.06. The molecule has 9 nitrogen and oxygen atoms in total. The van der Waals surface area contributed by atoms with Crippen LogP contribution < -0.4 is 20.1 Å². The smallest absolute Gasteiger partial charge is 0.274 e. The SMILES string of the molecule is C=Cc1cnc(C(=O)Nc2cccc(-c3cccc(NC(=O)c4cc(OC)c(C=O)cn4)c3C)c2C)cc1OC. The summed E-state index contributed by atoms with van der Waals surface area (Å²) in [5.41, 5.74) is 5.90. The summed E-state index contributed by atoms with van der Waals surface area (Å²) < 4.78 is 10.5. The van der Waals surface area contributed by atoms with Crippen molar-refractivity contribution in [3.63, 3.8) is 0 Å². The van der Waals surface area contributed by atoms with Crippen LogP contribution >= 0.6 is 0 Å². The van der Waals surface area contributed by atoms with Crippen LogP contribution in [0.2, 0.25) is 0 Å². The van der Waals surface area contributed by atoms with Crippen molar-refractivity contribution in [2.45, 2.75) is 13.8 Å². The third-order valence-corrected chi connectivity index (χ3v) is 6.50. The number of aromatic nitrogens is 2. The van der Waals surface area contributed by atoms with E-state index in [4.69, 9.17) is 9.47 Å². The van der Waals surface area contributed by atoms with Crippen molar-refractivity contribution < 1.29 is 23.9 Å². The maximum absolute atomic E-state index is 13.0. The van der Waals surface area contributed by atoms with E-state index >= 15 is 0 Å². The molecule has 0 atom stereocenters. The normalized spacial score (nSPS) is 10.4. The minimum atomic E-state index is -0.445. The second-order valence-electron chi connectivity index (χ2n) is 8.81. The number of carbonyl (C=O) groups is 3. The van der Waals surface area contributed by atoms with Gasteiger partial charge in [-0.1, -0.05) is 36.9 Å². The van der Waals surface area contributed by atoms with Gasteiger partial charge in [-0.15, -0.1) is 0 Å². The van der Waals surface area contributed by atoms with E-state index in [-0.39, 0.29) is 28.6 Å². The van der Waals surface area contributed by atoms with Gasteiger partial charge in [0.25, 0.3) is 11.8 Å². The molecule has 2 heterocycles. The number of aldehydes is 1. The molecule has 9 heteroatoms. The molecule has 40 heavy (non-hydrogen) atoms. The largest absolute Gasteiger partial charge is 0.496 e. The fourth-order valence-electron chi connectivity index (χ4n) is 4.24. The van der Waals surface area contributed by atoms with Gasteiger partial charge in [-0.25, -0.2) is 0 Å². The number of ether oxygens (including phenoxy) is 2. The van der Waals surface area contributed by atoms with Gasteiger partial charge in [0.2, 0.25) is 0 Å². The maximum atomic E-state index is 13.0. The van der Waals surface area contributed by atoms with Crippen LogP contribution in [0.15, 0.2) is 67.5 Å². The summed E-state index contributed by atoms with van der Waals surface area (Å²) in [6, 6.07) is 14.2. The van der Waals surface area contributed by atoms with E-state index in [1.807, 2.05) is 44.2 Å². The molecule has 0 radical (unpaired) electrons. The van der Waals surface area contributed by atoms with Gasteiger partial charge in [0, 0.05) is 41.5 Å². The topological polar surface area (TPSA) is 120 Å². The van der Waals surface area contributed by atoms with Gasteiger partial charge in [-0.05, 0) is 48.2 Å². The van der Waals surface area contributed by atoms with E-state index in [2.05, 4.69) is 27.2 Å². The molecule has 0 fully saturated rings. The Bertz CT molecular complexity index is 1510. The Hall–Kier alpha value is -5.31. The van der Waals surface area contributed by atoms with Crippen molar-refractivity contribution in [1.29, 1.82) is 0 Å². The molecule has 0 bridgehead atoms. The van der Waals surface area contributed by atoms with Crippen LogP contribution in [-0.4, -0.2) is 42.3 Å². The Morgan fingerprint density at radius 3 is 1.65 bits per heavy atom. The number of carbonyl (C=O) groups excluding carboxylic acids is 3. The summed E-state index contributed by atoms with van der Waals surface area (Å²) in [4.78, 5) is 45.4. The van der Waals surface area contributed by atoms with E-state index in [9.17, 15) is 14.4 Å². The molecule has 0 aliphatic heterocycles. The Balaban J connectivity index is 1.61. The predicted molar refractivity (Wildman–Crippen MR) is 154 cm³/mol. The van der Waals surface area contributed by atoms with Gasteiger partial charge in [-0.3, -0.25) is 24.4 Å². The predicted octanol–water partition coefficient (Wildman–Crippen LogP) is 5.74. The van der Waals surface area contributed by atoms with E-state index in [0.717, 1.165) is 22.3 Å².